The van der Waals surface area contributed by atoms with Crippen molar-refractivity contribution in [2.75, 3.05) is 0 Å². The van der Waals surface area contributed by atoms with Crippen LogP contribution in [-0.4, -0.2) is 23.2 Å². The lowest BCUT2D eigenvalue weighted by Crippen LogP contribution is -2.24. The fourth-order valence-corrected chi connectivity index (χ4v) is 3.03. The van der Waals surface area contributed by atoms with Crippen molar-refractivity contribution >= 4 is 12.9 Å². The van der Waals surface area contributed by atoms with E-state index in [2.05, 4.69) is 13.8 Å². The highest BCUT2D eigenvalue weighted by Gasteiger charge is 2.30. The van der Waals surface area contributed by atoms with Gasteiger partial charge in [0.05, 0.1) is 0 Å². The smallest absolute Gasteiger partial charge is 0.290 e. The lowest BCUT2D eigenvalue weighted by molar-refractivity contribution is -0.123. The highest BCUT2D eigenvalue weighted by atomic mass is 16.3. The molecular weight excluding hydrogens is 256 g/mol. The van der Waals surface area contributed by atoms with Crippen molar-refractivity contribution in [1.82, 2.24) is 0 Å². The first-order chi connectivity index (χ1) is 9.66. The van der Waals surface area contributed by atoms with E-state index in [0.717, 1.165) is 5.41 Å². The summed E-state index contributed by atoms with van der Waals surface area (Å²) in [6.45, 7) is 4.16. The molecule has 4 heteroatoms. The van der Waals surface area contributed by atoms with Gasteiger partial charge in [-0.3, -0.25) is 9.59 Å². The van der Waals surface area contributed by atoms with E-state index in [-0.39, 0.29) is 12.9 Å². The van der Waals surface area contributed by atoms with Crippen molar-refractivity contribution < 1.29 is 19.8 Å². The minimum Gasteiger partial charge on any atom is -0.483 e. The Balaban J connectivity index is 0. The maximum absolute atomic E-state index is 8.36. The van der Waals surface area contributed by atoms with Crippen LogP contribution in [0, 0.1) is 5.41 Å². The van der Waals surface area contributed by atoms with Crippen molar-refractivity contribution in [2.45, 2.75) is 84.5 Å². The second-order valence-electron chi connectivity index (χ2n) is 5.48. The van der Waals surface area contributed by atoms with Gasteiger partial charge in [-0.15, -0.1) is 0 Å². The van der Waals surface area contributed by atoms with Crippen molar-refractivity contribution in [1.29, 1.82) is 0 Å². The molecule has 4 nitrogen and oxygen atoms in total. The normalized spacial score (nSPS) is 15.9. The number of unbranched alkanes of at least 4 members (excludes halogenated alkanes) is 2. The summed E-state index contributed by atoms with van der Waals surface area (Å²) in [6, 6.07) is 0. The standard InChI is InChI=1S/C14H28.2CH2O2/c1-3-5-10-14(11-6-4-2)12-8-7-9-13-14;2*2-1-3/h3-13H2,1-2H3;2*1H,(H,2,3). The summed E-state index contributed by atoms with van der Waals surface area (Å²) in [4.78, 5) is 16.7. The van der Waals surface area contributed by atoms with Gasteiger partial charge in [0.1, 0.15) is 0 Å². The summed E-state index contributed by atoms with van der Waals surface area (Å²) in [7, 11) is 0. The molecular formula is C16H32O4. The molecule has 0 atom stereocenters. The number of rotatable bonds is 6. The van der Waals surface area contributed by atoms with Crippen LogP contribution in [0.3, 0.4) is 0 Å². The van der Waals surface area contributed by atoms with Gasteiger partial charge in [0.2, 0.25) is 0 Å². The van der Waals surface area contributed by atoms with Crippen LogP contribution in [0.1, 0.15) is 84.5 Å². The lowest BCUT2D eigenvalue weighted by Gasteiger charge is -2.37. The van der Waals surface area contributed by atoms with Gasteiger partial charge in [-0.05, 0) is 31.1 Å². The molecule has 0 aliphatic heterocycles. The largest absolute Gasteiger partial charge is 0.483 e. The van der Waals surface area contributed by atoms with Crippen LogP contribution in [0.25, 0.3) is 0 Å². The molecule has 0 radical (unpaired) electrons. The van der Waals surface area contributed by atoms with E-state index in [1.54, 1.807) is 0 Å². The van der Waals surface area contributed by atoms with E-state index < -0.39 is 0 Å². The molecule has 0 spiro atoms. The van der Waals surface area contributed by atoms with Gasteiger partial charge in [0, 0.05) is 0 Å². The third-order valence-electron chi connectivity index (χ3n) is 4.04. The van der Waals surface area contributed by atoms with Gasteiger partial charge in [0.15, 0.2) is 0 Å². The van der Waals surface area contributed by atoms with Crippen molar-refractivity contribution in [3.8, 4) is 0 Å². The van der Waals surface area contributed by atoms with Crippen molar-refractivity contribution in [3.63, 3.8) is 0 Å². The Hall–Kier alpha value is -1.06. The molecule has 20 heavy (non-hydrogen) atoms. The molecule has 0 aromatic heterocycles. The first-order valence-corrected chi connectivity index (χ1v) is 7.82. The zero-order valence-electron chi connectivity index (χ0n) is 13.1. The maximum Gasteiger partial charge on any atom is 0.290 e. The van der Waals surface area contributed by atoms with Gasteiger partial charge >= 0.3 is 0 Å². The van der Waals surface area contributed by atoms with Gasteiger partial charge in [-0.2, -0.15) is 0 Å². The highest BCUT2D eigenvalue weighted by Crippen LogP contribution is 2.44. The first-order valence-electron chi connectivity index (χ1n) is 7.82. The predicted octanol–water partition coefficient (Wildman–Crippen LogP) is 4.72. The molecule has 0 saturated heterocycles. The quantitative estimate of drug-likeness (QED) is 0.693. The van der Waals surface area contributed by atoms with Crippen molar-refractivity contribution in [2.24, 2.45) is 5.41 Å². The van der Waals surface area contributed by atoms with Crippen LogP contribution in [0.5, 0.6) is 0 Å². The van der Waals surface area contributed by atoms with Gasteiger partial charge < -0.3 is 10.2 Å². The van der Waals surface area contributed by atoms with Gasteiger partial charge in [-0.25, -0.2) is 0 Å². The van der Waals surface area contributed by atoms with E-state index in [9.17, 15) is 0 Å². The Morgan fingerprint density at radius 3 is 1.50 bits per heavy atom. The van der Waals surface area contributed by atoms with E-state index in [1.807, 2.05) is 0 Å². The van der Waals surface area contributed by atoms with Gasteiger partial charge in [0.25, 0.3) is 12.9 Å². The molecule has 0 heterocycles. The predicted molar refractivity (Wildman–Crippen MR) is 82.0 cm³/mol. The third-order valence-corrected chi connectivity index (χ3v) is 4.04. The molecule has 1 rings (SSSR count). The summed E-state index contributed by atoms with van der Waals surface area (Å²) in [5.74, 6) is 0. The van der Waals surface area contributed by atoms with Crippen LogP contribution < -0.4 is 0 Å². The molecule has 2 N–H and O–H groups in total. The molecule has 0 bridgehead atoms. The molecule has 1 fully saturated rings. The monoisotopic (exact) mass is 288 g/mol. The number of hydrogen-bond acceptors (Lipinski definition) is 2. The SMILES string of the molecule is CCCCC1(CCCC)CCCCC1.O=CO.O=CO. The molecule has 1 aliphatic carbocycles. The first kappa shape index (κ1) is 21.2. The number of hydrogen-bond donors (Lipinski definition) is 2. The summed E-state index contributed by atoms with van der Waals surface area (Å²) < 4.78 is 0. The van der Waals surface area contributed by atoms with Gasteiger partial charge in [-0.1, -0.05) is 58.8 Å². The second-order valence-corrected chi connectivity index (χ2v) is 5.48. The zero-order valence-corrected chi connectivity index (χ0v) is 13.1. The van der Waals surface area contributed by atoms with E-state index in [0.29, 0.717) is 0 Å². The van der Waals surface area contributed by atoms with E-state index in [4.69, 9.17) is 19.8 Å². The fraction of sp³-hybridized carbons (Fsp3) is 0.875. The van der Waals surface area contributed by atoms with Crippen LogP contribution in [0.15, 0.2) is 0 Å². The van der Waals surface area contributed by atoms with Crippen LogP contribution in [0.2, 0.25) is 0 Å². The third kappa shape index (κ3) is 12.0. The summed E-state index contributed by atoms with van der Waals surface area (Å²) in [5.41, 5.74) is 0.782. The second kappa shape index (κ2) is 16.0. The molecule has 120 valence electrons. The Labute approximate surface area is 123 Å². The van der Waals surface area contributed by atoms with E-state index in [1.165, 1.54) is 70.6 Å². The number of carbonyl (C=O) groups is 2. The molecule has 0 unspecified atom stereocenters. The molecule has 0 amide bonds. The Morgan fingerprint density at radius 1 is 0.850 bits per heavy atom. The highest BCUT2D eigenvalue weighted by molar-refractivity contribution is 5.33. The van der Waals surface area contributed by atoms with E-state index >= 15 is 0 Å². The zero-order chi connectivity index (χ0) is 15.7. The lowest BCUT2D eigenvalue weighted by atomic mass is 9.68. The summed E-state index contributed by atoms with van der Waals surface area (Å²) in [6.07, 6.45) is 16.3. The number of carboxylic acid groups (broad SMARTS) is 2. The minimum absolute atomic E-state index is 0.250. The average Bonchev–Trinajstić information content (AvgIpc) is 2.46. The topological polar surface area (TPSA) is 74.6 Å². The van der Waals surface area contributed by atoms with Crippen LogP contribution in [-0.2, 0) is 9.59 Å². The summed E-state index contributed by atoms with van der Waals surface area (Å²) >= 11 is 0. The Kier molecular flexibility index (Phi) is 17.0. The minimum atomic E-state index is -0.250. The Bertz CT molecular complexity index is 195. The van der Waals surface area contributed by atoms with Crippen LogP contribution >= 0.6 is 0 Å². The maximum atomic E-state index is 8.36. The molecule has 1 saturated carbocycles. The summed E-state index contributed by atoms with van der Waals surface area (Å²) in [5, 5.41) is 13.8. The fourth-order valence-electron chi connectivity index (χ4n) is 3.03. The average molecular weight is 288 g/mol. The Morgan fingerprint density at radius 2 is 1.20 bits per heavy atom. The van der Waals surface area contributed by atoms with Crippen LogP contribution in [0.4, 0.5) is 0 Å². The molecule has 1 aliphatic rings. The molecule has 0 aromatic rings. The van der Waals surface area contributed by atoms with Crippen molar-refractivity contribution in [3.05, 3.63) is 0 Å². The molecule has 0 aromatic carbocycles.